The zero-order valence-electron chi connectivity index (χ0n) is 22.6. The molecule has 1 atom stereocenters. The molecule has 3 N–H and O–H groups in total. The summed E-state index contributed by atoms with van der Waals surface area (Å²) in [5, 5.41) is 7.68. The van der Waals surface area contributed by atoms with Gasteiger partial charge in [0.15, 0.2) is 23.0 Å². The van der Waals surface area contributed by atoms with Gasteiger partial charge in [0.2, 0.25) is 6.79 Å². The van der Waals surface area contributed by atoms with Crippen molar-refractivity contribution >= 4 is 29.1 Å². The molecule has 11 heteroatoms. The number of para-hydroxylation sites is 1. The van der Waals surface area contributed by atoms with E-state index in [0.717, 1.165) is 22.0 Å². The first-order chi connectivity index (χ1) is 20.0. The first-order valence-corrected chi connectivity index (χ1v) is 13.0. The quantitative estimate of drug-likeness (QED) is 0.185. The van der Waals surface area contributed by atoms with Gasteiger partial charge in [-0.2, -0.15) is 5.10 Å². The second-order valence-corrected chi connectivity index (χ2v) is 9.10. The van der Waals surface area contributed by atoms with E-state index in [0.29, 0.717) is 35.2 Å². The summed E-state index contributed by atoms with van der Waals surface area (Å²) in [6, 6.07) is 17.7. The van der Waals surface area contributed by atoms with Crippen LogP contribution in [0.1, 0.15) is 23.6 Å². The van der Waals surface area contributed by atoms with Gasteiger partial charge in [-0.25, -0.2) is 10.2 Å². The molecule has 4 aromatic rings. The molecule has 0 bridgehead atoms. The number of nitrogens with zero attached hydrogens (tertiary/aromatic N) is 1. The third-order valence-corrected chi connectivity index (χ3v) is 6.39. The Balaban J connectivity index is 1.22. The van der Waals surface area contributed by atoms with Crippen LogP contribution in [0.15, 0.2) is 72.0 Å². The van der Waals surface area contributed by atoms with Crippen molar-refractivity contribution in [2.24, 2.45) is 5.10 Å². The highest BCUT2D eigenvalue weighted by Gasteiger charge is 2.23. The minimum atomic E-state index is -0.910. The van der Waals surface area contributed by atoms with E-state index in [2.05, 4.69) is 20.8 Å². The van der Waals surface area contributed by atoms with Gasteiger partial charge < -0.3 is 34.0 Å². The number of hydrazone groups is 1. The minimum Gasteiger partial charge on any atom is -0.493 e. The van der Waals surface area contributed by atoms with Crippen molar-refractivity contribution in [1.29, 1.82) is 0 Å². The molecule has 2 amide bonds. The fraction of sp³-hybridized carbons (Fsp3) is 0.233. The lowest BCUT2D eigenvalue weighted by molar-refractivity contribution is -0.123. The summed E-state index contributed by atoms with van der Waals surface area (Å²) in [5.74, 6) is 1.96. The molecule has 1 aliphatic rings. The Labute approximate surface area is 236 Å². The molecule has 3 aromatic carbocycles. The molecule has 1 aromatic heterocycles. The third-order valence-electron chi connectivity index (χ3n) is 6.39. The monoisotopic (exact) mass is 558 g/mol. The molecule has 0 unspecified atom stereocenters. The fourth-order valence-electron chi connectivity index (χ4n) is 4.37. The Morgan fingerprint density at radius 1 is 1.07 bits per heavy atom. The molecule has 5 rings (SSSR count). The number of rotatable bonds is 11. The van der Waals surface area contributed by atoms with Crippen LogP contribution in [-0.2, 0) is 22.6 Å². The van der Waals surface area contributed by atoms with Gasteiger partial charge >= 0.3 is 6.09 Å². The van der Waals surface area contributed by atoms with E-state index in [-0.39, 0.29) is 19.8 Å². The van der Waals surface area contributed by atoms with E-state index in [1.807, 2.05) is 48.7 Å². The van der Waals surface area contributed by atoms with Crippen LogP contribution in [-0.4, -0.2) is 49.8 Å². The van der Waals surface area contributed by atoms with Crippen LogP contribution >= 0.6 is 0 Å². The van der Waals surface area contributed by atoms with Crippen LogP contribution in [0.2, 0.25) is 0 Å². The summed E-state index contributed by atoms with van der Waals surface area (Å²) in [4.78, 5) is 28.4. The molecular formula is C30H30N4O7. The van der Waals surface area contributed by atoms with Crippen molar-refractivity contribution < 1.29 is 33.3 Å². The molecule has 11 nitrogen and oxygen atoms in total. The summed E-state index contributed by atoms with van der Waals surface area (Å²) in [6.45, 7) is 2.40. The summed E-state index contributed by atoms with van der Waals surface area (Å²) < 4.78 is 27.2. The molecule has 0 fully saturated rings. The number of fused-ring (bicyclic) bond motifs is 2. The van der Waals surface area contributed by atoms with Gasteiger partial charge in [-0.1, -0.05) is 24.3 Å². The van der Waals surface area contributed by atoms with Crippen LogP contribution in [0.5, 0.6) is 23.0 Å². The maximum absolute atomic E-state index is 13.0. The fourth-order valence-corrected chi connectivity index (χ4v) is 4.37. The molecule has 0 radical (unpaired) electrons. The maximum atomic E-state index is 13.0. The molecule has 2 heterocycles. The molecule has 0 saturated carbocycles. The summed E-state index contributed by atoms with van der Waals surface area (Å²) in [6.07, 6.45) is 2.86. The normalized spacial score (nSPS) is 12.7. The number of alkyl carbamates (subject to hydrolysis) is 1. The molecule has 0 aliphatic carbocycles. The van der Waals surface area contributed by atoms with Gasteiger partial charge in [0, 0.05) is 23.5 Å². The highest BCUT2D eigenvalue weighted by Crippen LogP contribution is 2.34. The van der Waals surface area contributed by atoms with E-state index < -0.39 is 18.0 Å². The third kappa shape index (κ3) is 6.70. The number of nitrogens with one attached hydrogen (secondary N) is 3. The number of benzene rings is 3. The summed E-state index contributed by atoms with van der Waals surface area (Å²) >= 11 is 0. The van der Waals surface area contributed by atoms with Crippen molar-refractivity contribution in [1.82, 2.24) is 15.7 Å². The van der Waals surface area contributed by atoms with Crippen LogP contribution in [0.25, 0.3) is 10.9 Å². The lowest BCUT2D eigenvalue weighted by Gasteiger charge is -2.16. The van der Waals surface area contributed by atoms with Crippen LogP contribution < -0.4 is 29.7 Å². The SMILES string of the molecule is CCOC(=O)N[C@H](Cc1c[nH]c2ccccc12)C(=O)N/N=C\c1ccc(OCc2ccc3c(c2)OCO3)c(OC)c1. The topological polar surface area (TPSA) is 132 Å². The van der Waals surface area contributed by atoms with Gasteiger partial charge in [0.1, 0.15) is 12.6 Å². The van der Waals surface area contributed by atoms with Gasteiger partial charge in [-0.15, -0.1) is 0 Å². The first-order valence-electron chi connectivity index (χ1n) is 13.0. The first kappa shape index (κ1) is 27.4. The number of carbonyl (C=O) groups is 2. The smallest absolute Gasteiger partial charge is 0.407 e. The number of methoxy groups -OCH3 is 1. The van der Waals surface area contributed by atoms with Crippen molar-refractivity contribution in [3.05, 3.63) is 83.6 Å². The van der Waals surface area contributed by atoms with E-state index in [9.17, 15) is 9.59 Å². The predicted octanol–water partition coefficient (Wildman–Crippen LogP) is 4.29. The number of H-pyrrole nitrogens is 1. The van der Waals surface area contributed by atoms with Crippen molar-refractivity contribution in [2.45, 2.75) is 26.0 Å². The Hall–Kier alpha value is -5.19. The number of ether oxygens (including phenoxy) is 5. The van der Waals surface area contributed by atoms with Crippen LogP contribution in [0, 0.1) is 0 Å². The molecular weight excluding hydrogens is 528 g/mol. The van der Waals surface area contributed by atoms with Gasteiger partial charge in [-0.3, -0.25) is 4.79 Å². The lowest BCUT2D eigenvalue weighted by atomic mass is 10.0. The molecule has 41 heavy (non-hydrogen) atoms. The van der Waals surface area contributed by atoms with Gasteiger partial charge in [-0.05, 0) is 60.0 Å². The average Bonchev–Trinajstić information content (AvgIpc) is 3.63. The average molecular weight is 559 g/mol. The van der Waals surface area contributed by atoms with Crippen molar-refractivity contribution in [2.75, 3.05) is 20.5 Å². The van der Waals surface area contributed by atoms with Gasteiger partial charge in [0.25, 0.3) is 5.91 Å². The number of hydrogen-bond acceptors (Lipinski definition) is 8. The van der Waals surface area contributed by atoms with Crippen LogP contribution in [0.4, 0.5) is 4.79 Å². The van der Waals surface area contributed by atoms with E-state index in [1.165, 1.54) is 6.21 Å². The second kappa shape index (κ2) is 12.8. The van der Waals surface area contributed by atoms with Crippen molar-refractivity contribution in [3.8, 4) is 23.0 Å². The Bertz CT molecular complexity index is 1570. The van der Waals surface area contributed by atoms with E-state index in [1.54, 1.807) is 32.2 Å². The Morgan fingerprint density at radius 2 is 1.93 bits per heavy atom. The molecule has 1 aliphatic heterocycles. The van der Waals surface area contributed by atoms with E-state index in [4.69, 9.17) is 23.7 Å². The summed E-state index contributed by atoms with van der Waals surface area (Å²) in [7, 11) is 1.54. The zero-order valence-corrected chi connectivity index (χ0v) is 22.6. The predicted molar refractivity (Wildman–Crippen MR) is 152 cm³/mol. The minimum absolute atomic E-state index is 0.184. The Morgan fingerprint density at radius 3 is 2.78 bits per heavy atom. The standard InChI is InChI=1S/C30H30N4O7/c1-3-38-30(36)33-24(14-21-16-31-23-7-5-4-6-22(21)23)29(35)34-32-15-19-8-10-25(27(12-19)37-2)39-17-20-9-11-26-28(13-20)41-18-40-26/h4-13,15-16,24,31H,3,14,17-18H2,1-2H3,(H,33,36)(H,34,35)/b32-15-/t24-/m1/s1. The number of aromatic nitrogens is 1. The second-order valence-electron chi connectivity index (χ2n) is 9.10. The lowest BCUT2D eigenvalue weighted by Crippen LogP contribution is -2.47. The molecule has 0 saturated heterocycles. The number of carbonyl (C=O) groups excluding carboxylic acids is 2. The largest absolute Gasteiger partial charge is 0.493 e. The number of hydrogen-bond donors (Lipinski definition) is 3. The Kier molecular flexibility index (Phi) is 8.53. The zero-order chi connectivity index (χ0) is 28.6. The summed E-state index contributed by atoms with van der Waals surface area (Å²) in [5.41, 5.74) is 5.92. The van der Waals surface area contributed by atoms with Gasteiger partial charge in [0.05, 0.1) is 19.9 Å². The number of aromatic amines is 1. The van der Waals surface area contributed by atoms with Crippen molar-refractivity contribution in [3.63, 3.8) is 0 Å². The molecule has 0 spiro atoms. The molecule has 212 valence electrons. The van der Waals surface area contributed by atoms with E-state index >= 15 is 0 Å². The van der Waals surface area contributed by atoms with Crippen LogP contribution in [0.3, 0.4) is 0 Å². The maximum Gasteiger partial charge on any atom is 0.407 e. The highest BCUT2D eigenvalue weighted by atomic mass is 16.7. The highest BCUT2D eigenvalue weighted by molar-refractivity contribution is 5.89. The number of amides is 2.